The summed E-state index contributed by atoms with van der Waals surface area (Å²) in [5.41, 5.74) is 3.80. The van der Waals surface area contributed by atoms with Crippen LogP contribution in [0.5, 0.6) is 0 Å². The molecule has 1 spiro atoms. The number of nitrogens with zero attached hydrogens (tertiary/aromatic N) is 1. The third-order valence-corrected chi connectivity index (χ3v) is 8.57. The smallest absolute Gasteiger partial charge is 0.178 e. The molecule has 6 atom stereocenters. The third-order valence-electron chi connectivity index (χ3n) is 8.57. The molecule has 0 bridgehead atoms. The van der Waals surface area contributed by atoms with Gasteiger partial charge in [-0.05, 0) is 76.0 Å². The van der Waals surface area contributed by atoms with Crippen LogP contribution in [-0.2, 0) is 4.79 Å². The summed E-state index contributed by atoms with van der Waals surface area (Å²) in [6, 6.07) is 0.720. The molecule has 5 rings (SSSR count). The number of likely N-dealkylation sites (tertiary alicyclic amines) is 1. The van der Waals surface area contributed by atoms with E-state index in [0.717, 1.165) is 24.3 Å². The summed E-state index contributed by atoms with van der Waals surface area (Å²) in [6.07, 6.45) is 15.0. The van der Waals surface area contributed by atoms with Crippen molar-refractivity contribution in [3.05, 3.63) is 35.5 Å². The number of carbonyl (C=O) groups is 1. The van der Waals surface area contributed by atoms with E-state index >= 15 is 0 Å². The van der Waals surface area contributed by atoms with Gasteiger partial charge in [0.25, 0.3) is 0 Å². The average Bonchev–Trinajstić information content (AvgIpc) is 3.03. The van der Waals surface area contributed by atoms with Crippen LogP contribution in [0.4, 0.5) is 0 Å². The van der Waals surface area contributed by atoms with Gasteiger partial charge in [0.05, 0.1) is 0 Å². The van der Waals surface area contributed by atoms with Gasteiger partial charge in [0.15, 0.2) is 5.78 Å². The highest BCUT2D eigenvalue weighted by atomic mass is 16.1. The lowest BCUT2D eigenvalue weighted by Crippen LogP contribution is -2.47. The number of hydrogen-bond donors (Lipinski definition) is 0. The average molecular weight is 323 g/mol. The molecular formula is C22H29NO. The van der Waals surface area contributed by atoms with Crippen molar-refractivity contribution in [1.82, 2.24) is 4.90 Å². The van der Waals surface area contributed by atoms with Gasteiger partial charge in [-0.2, -0.15) is 0 Å². The van der Waals surface area contributed by atoms with E-state index < -0.39 is 0 Å². The molecule has 0 aromatic rings. The topological polar surface area (TPSA) is 20.3 Å². The fourth-order valence-electron chi connectivity index (χ4n) is 7.25. The van der Waals surface area contributed by atoms with Crippen LogP contribution in [0.2, 0.25) is 0 Å². The van der Waals surface area contributed by atoms with Crippen molar-refractivity contribution in [3.8, 4) is 0 Å². The molecule has 0 aromatic carbocycles. The molecule has 3 fully saturated rings. The van der Waals surface area contributed by atoms with Gasteiger partial charge in [-0.25, -0.2) is 0 Å². The van der Waals surface area contributed by atoms with Gasteiger partial charge in [0.1, 0.15) is 0 Å². The van der Waals surface area contributed by atoms with Crippen molar-refractivity contribution in [2.75, 3.05) is 13.6 Å². The predicted octanol–water partition coefficient (Wildman–Crippen LogP) is 4.14. The standard InChI is InChI=1S/C22H29NO/c1-14-18-6-7-20-17-5-4-15-12-16(24)8-10-21(15,2)19(17)9-11-22(18,20)13-23(14)3/h7-8,10,12,14,17-19H,4-6,9,11,13H2,1-3H3/t14-,17+,18+,19-,21-,22-/m0/s1. The molecule has 1 heterocycles. The van der Waals surface area contributed by atoms with Gasteiger partial charge in [0, 0.05) is 23.4 Å². The summed E-state index contributed by atoms with van der Waals surface area (Å²) >= 11 is 0. The molecule has 0 unspecified atom stereocenters. The van der Waals surface area contributed by atoms with E-state index in [0.29, 0.717) is 11.3 Å². The molecule has 0 aromatic heterocycles. The highest BCUT2D eigenvalue weighted by Crippen LogP contribution is 2.66. The second kappa shape index (κ2) is 4.72. The molecule has 128 valence electrons. The van der Waals surface area contributed by atoms with Gasteiger partial charge in [0.2, 0.25) is 0 Å². The lowest BCUT2D eigenvalue weighted by atomic mass is 9.49. The molecule has 5 aliphatic rings. The Kier molecular flexibility index (Phi) is 2.98. The van der Waals surface area contributed by atoms with Crippen molar-refractivity contribution in [1.29, 1.82) is 0 Å². The maximum Gasteiger partial charge on any atom is 0.178 e. The van der Waals surface area contributed by atoms with E-state index in [1.165, 1.54) is 37.8 Å². The number of ketones is 1. The summed E-state index contributed by atoms with van der Waals surface area (Å²) in [4.78, 5) is 14.4. The van der Waals surface area contributed by atoms with E-state index in [1.807, 2.05) is 17.7 Å². The molecule has 1 aliphatic heterocycles. The van der Waals surface area contributed by atoms with Gasteiger partial charge in [-0.3, -0.25) is 4.79 Å². The number of carbonyl (C=O) groups excluding carboxylic acids is 1. The summed E-state index contributed by atoms with van der Waals surface area (Å²) in [7, 11) is 2.32. The third kappa shape index (κ3) is 1.68. The van der Waals surface area contributed by atoms with Crippen LogP contribution in [0.1, 0.15) is 46.0 Å². The SMILES string of the molecule is C[C@H]1[C@H]2CC=C3[C@@H]4CCC5=CC(=O)C=C[C@]5(C)[C@H]4CC[C@@]32CN1C. The Morgan fingerprint density at radius 1 is 1.25 bits per heavy atom. The Hall–Kier alpha value is -1.15. The van der Waals surface area contributed by atoms with Gasteiger partial charge in [-0.15, -0.1) is 0 Å². The van der Waals surface area contributed by atoms with Gasteiger partial charge in [-0.1, -0.05) is 30.2 Å². The first kappa shape index (κ1) is 15.1. The van der Waals surface area contributed by atoms with E-state index in [-0.39, 0.29) is 11.2 Å². The van der Waals surface area contributed by atoms with Crippen LogP contribution in [0.15, 0.2) is 35.5 Å². The Morgan fingerprint density at radius 2 is 2.08 bits per heavy atom. The molecule has 2 heteroatoms. The summed E-state index contributed by atoms with van der Waals surface area (Å²) in [5, 5.41) is 0. The number of hydrogen-bond acceptors (Lipinski definition) is 2. The summed E-state index contributed by atoms with van der Waals surface area (Å²) < 4.78 is 0. The molecule has 1 saturated heterocycles. The van der Waals surface area contributed by atoms with Crippen LogP contribution < -0.4 is 0 Å². The molecular weight excluding hydrogens is 294 g/mol. The minimum Gasteiger partial charge on any atom is -0.302 e. The second-order valence-corrected chi connectivity index (χ2v) is 9.29. The molecule has 2 nitrogen and oxygen atoms in total. The van der Waals surface area contributed by atoms with E-state index in [9.17, 15) is 4.79 Å². The van der Waals surface area contributed by atoms with Crippen molar-refractivity contribution in [3.63, 3.8) is 0 Å². The largest absolute Gasteiger partial charge is 0.302 e. The Morgan fingerprint density at radius 3 is 2.92 bits per heavy atom. The first-order chi connectivity index (χ1) is 11.5. The summed E-state index contributed by atoms with van der Waals surface area (Å²) in [6.45, 7) is 6.09. The van der Waals surface area contributed by atoms with E-state index in [2.05, 4.69) is 37.9 Å². The zero-order valence-electron chi connectivity index (χ0n) is 15.2. The fourth-order valence-corrected chi connectivity index (χ4v) is 7.25. The Labute approximate surface area is 145 Å². The second-order valence-electron chi connectivity index (χ2n) is 9.29. The Bertz CT molecular complexity index is 701. The van der Waals surface area contributed by atoms with Crippen LogP contribution in [0.25, 0.3) is 0 Å². The number of fused-ring (bicyclic) bond motifs is 4. The molecule has 4 aliphatic carbocycles. The maximum absolute atomic E-state index is 11.8. The predicted molar refractivity (Wildman–Crippen MR) is 96.5 cm³/mol. The zero-order chi connectivity index (χ0) is 16.7. The Balaban J connectivity index is 1.53. The highest BCUT2D eigenvalue weighted by molar-refractivity contribution is 6.01. The van der Waals surface area contributed by atoms with Crippen LogP contribution in [-0.4, -0.2) is 30.3 Å². The molecule has 0 radical (unpaired) electrons. The lowest BCUT2D eigenvalue weighted by Gasteiger charge is -2.55. The normalized spacial score (nSPS) is 49.9. The van der Waals surface area contributed by atoms with Crippen molar-refractivity contribution < 1.29 is 4.79 Å². The first-order valence-corrected chi connectivity index (χ1v) is 9.81. The van der Waals surface area contributed by atoms with Crippen LogP contribution in [0.3, 0.4) is 0 Å². The molecule has 24 heavy (non-hydrogen) atoms. The minimum atomic E-state index is 0.119. The van der Waals surface area contributed by atoms with E-state index in [4.69, 9.17) is 0 Å². The van der Waals surface area contributed by atoms with Crippen molar-refractivity contribution in [2.24, 2.45) is 28.6 Å². The van der Waals surface area contributed by atoms with Crippen molar-refractivity contribution >= 4 is 5.78 Å². The monoisotopic (exact) mass is 323 g/mol. The van der Waals surface area contributed by atoms with Crippen LogP contribution in [0, 0.1) is 28.6 Å². The maximum atomic E-state index is 11.8. The number of rotatable bonds is 0. The first-order valence-electron chi connectivity index (χ1n) is 9.81. The lowest BCUT2D eigenvalue weighted by molar-refractivity contribution is -0.110. The summed E-state index contributed by atoms with van der Waals surface area (Å²) in [5.74, 6) is 2.47. The highest BCUT2D eigenvalue weighted by Gasteiger charge is 2.60. The van der Waals surface area contributed by atoms with Gasteiger partial charge < -0.3 is 4.90 Å². The van der Waals surface area contributed by atoms with Gasteiger partial charge >= 0.3 is 0 Å². The van der Waals surface area contributed by atoms with E-state index in [1.54, 1.807) is 0 Å². The zero-order valence-corrected chi connectivity index (χ0v) is 15.2. The molecule has 0 N–H and O–H groups in total. The van der Waals surface area contributed by atoms with Crippen molar-refractivity contribution in [2.45, 2.75) is 52.0 Å². The minimum absolute atomic E-state index is 0.119. The molecule has 0 amide bonds. The van der Waals surface area contributed by atoms with Crippen LogP contribution >= 0.6 is 0 Å². The fraction of sp³-hybridized carbons (Fsp3) is 0.682. The quantitative estimate of drug-likeness (QED) is 0.624. The number of allylic oxidation sites excluding steroid dienone is 5. The molecule has 2 saturated carbocycles.